The summed E-state index contributed by atoms with van der Waals surface area (Å²) in [6.45, 7) is 0. The summed E-state index contributed by atoms with van der Waals surface area (Å²) in [5.74, 6) is 0.435. The van der Waals surface area contributed by atoms with Gasteiger partial charge in [0.2, 0.25) is 0 Å². The van der Waals surface area contributed by atoms with Crippen molar-refractivity contribution in [3.8, 4) is 5.75 Å². The van der Waals surface area contributed by atoms with Gasteiger partial charge in [-0.15, -0.1) is 0 Å². The predicted octanol–water partition coefficient (Wildman–Crippen LogP) is 1.18. The van der Waals surface area contributed by atoms with Crippen molar-refractivity contribution in [2.24, 2.45) is 0 Å². The number of ether oxygens (including phenoxy) is 1. The Morgan fingerprint density at radius 1 is 1.25 bits per heavy atom. The largest absolute Gasteiger partial charge is 0.497 e. The molecule has 0 fully saturated rings. The second-order valence-corrected chi connectivity index (χ2v) is 3.84. The van der Waals surface area contributed by atoms with Crippen LogP contribution in [0.2, 0.25) is 5.02 Å². The minimum Gasteiger partial charge on any atom is -0.497 e. The van der Waals surface area contributed by atoms with Gasteiger partial charge >= 0.3 is 7.12 Å². The summed E-state index contributed by atoms with van der Waals surface area (Å²) in [5.41, 5.74) is 0.308. The van der Waals surface area contributed by atoms with Crippen molar-refractivity contribution in [3.63, 3.8) is 0 Å². The Labute approximate surface area is 98.4 Å². The maximum absolute atomic E-state index is 9.22. The van der Waals surface area contributed by atoms with E-state index in [2.05, 4.69) is 0 Å². The Kier molecular flexibility index (Phi) is 3.05. The van der Waals surface area contributed by atoms with Crippen LogP contribution in [-0.2, 0) is 0 Å². The smallest absolute Gasteiger partial charge is 0.492 e. The topological polar surface area (TPSA) is 49.7 Å². The molecule has 0 bridgehead atoms. The van der Waals surface area contributed by atoms with Crippen LogP contribution in [0.4, 0.5) is 0 Å². The van der Waals surface area contributed by atoms with Gasteiger partial charge in [0, 0.05) is 15.9 Å². The van der Waals surface area contributed by atoms with Crippen LogP contribution in [0.5, 0.6) is 5.75 Å². The van der Waals surface area contributed by atoms with Crippen LogP contribution in [0, 0.1) is 0 Å². The van der Waals surface area contributed by atoms with E-state index < -0.39 is 7.12 Å². The van der Waals surface area contributed by atoms with Crippen LogP contribution in [-0.4, -0.2) is 24.3 Å². The average Bonchev–Trinajstić information content (AvgIpc) is 2.27. The maximum atomic E-state index is 9.22. The fraction of sp³-hybridized carbons (Fsp3) is 0.0909. The Balaban J connectivity index is 2.76. The van der Waals surface area contributed by atoms with Gasteiger partial charge in [0.1, 0.15) is 5.75 Å². The second-order valence-electron chi connectivity index (χ2n) is 3.43. The standard InChI is InChI=1S/C11H10BClO3/c1-16-11-5-7-3-2-4-10(13)8(7)6-9(11)12(14)15/h2-6,14-15H,1H3. The minimum absolute atomic E-state index is 0.308. The molecule has 2 N–H and O–H groups in total. The molecular weight excluding hydrogens is 226 g/mol. The van der Waals surface area contributed by atoms with E-state index in [1.807, 2.05) is 12.1 Å². The van der Waals surface area contributed by atoms with E-state index in [0.717, 1.165) is 10.8 Å². The first-order valence-corrected chi connectivity index (χ1v) is 5.13. The van der Waals surface area contributed by atoms with Gasteiger partial charge < -0.3 is 14.8 Å². The molecule has 0 aliphatic carbocycles. The van der Waals surface area contributed by atoms with Gasteiger partial charge in [0.25, 0.3) is 0 Å². The zero-order chi connectivity index (χ0) is 11.7. The molecule has 0 unspecified atom stereocenters. The van der Waals surface area contributed by atoms with Gasteiger partial charge in [-0.2, -0.15) is 0 Å². The number of methoxy groups -OCH3 is 1. The third-order valence-corrected chi connectivity index (χ3v) is 2.79. The lowest BCUT2D eigenvalue weighted by molar-refractivity contribution is 0.403. The van der Waals surface area contributed by atoms with Crippen LogP contribution in [0.15, 0.2) is 30.3 Å². The molecule has 0 saturated heterocycles. The van der Waals surface area contributed by atoms with E-state index in [1.165, 1.54) is 7.11 Å². The van der Waals surface area contributed by atoms with E-state index >= 15 is 0 Å². The molecule has 2 rings (SSSR count). The normalized spacial score (nSPS) is 10.5. The fourth-order valence-corrected chi connectivity index (χ4v) is 1.90. The van der Waals surface area contributed by atoms with E-state index in [0.29, 0.717) is 16.2 Å². The van der Waals surface area contributed by atoms with Crippen molar-refractivity contribution in [1.82, 2.24) is 0 Å². The van der Waals surface area contributed by atoms with E-state index in [4.69, 9.17) is 16.3 Å². The second kappa shape index (κ2) is 4.33. The van der Waals surface area contributed by atoms with Crippen molar-refractivity contribution in [2.45, 2.75) is 0 Å². The Morgan fingerprint density at radius 2 is 2.00 bits per heavy atom. The molecule has 2 aromatic rings. The van der Waals surface area contributed by atoms with Gasteiger partial charge in [-0.05, 0) is 23.6 Å². The molecule has 16 heavy (non-hydrogen) atoms. The lowest BCUT2D eigenvalue weighted by atomic mass is 9.78. The molecular formula is C11H10BClO3. The van der Waals surface area contributed by atoms with Crippen molar-refractivity contribution in [2.75, 3.05) is 7.11 Å². The van der Waals surface area contributed by atoms with Crippen molar-refractivity contribution in [3.05, 3.63) is 35.4 Å². The van der Waals surface area contributed by atoms with Gasteiger partial charge in [0.05, 0.1) is 7.11 Å². The summed E-state index contributed by atoms with van der Waals surface area (Å²) in [6, 6.07) is 8.83. The molecule has 0 heterocycles. The summed E-state index contributed by atoms with van der Waals surface area (Å²) < 4.78 is 5.09. The fourth-order valence-electron chi connectivity index (χ4n) is 1.66. The molecule has 3 nitrogen and oxygen atoms in total. The molecule has 0 amide bonds. The van der Waals surface area contributed by atoms with Crippen LogP contribution in [0.1, 0.15) is 0 Å². The van der Waals surface area contributed by atoms with Crippen molar-refractivity contribution < 1.29 is 14.8 Å². The summed E-state index contributed by atoms with van der Waals surface area (Å²) in [6.07, 6.45) is 0. The summed E-state index contributed by atoms with van der Waals surface area (Å²) in [5, 5.41) is 20.7. The molecule has 0 aliphatic heterocycles. The Bertz CT molecular complexity index is 528. The third-order valence-electron chi connectivity index (χ3n) is 2.46. The van der Waals surface area contributed by atoms with Crippen LogP contribution >= 0.6 is 11.6 Å². The summed E-state index contributed by atoms with van der Waals surface area (Å²) in [7, 11) is -0.0898. The van der Waals surface area contributed by atoms with Gasteiger partial charge in [-0.3, -0.25) is 0 Å². The number of hydrogen-bond donors (Lipinski definition) is 2. The minimum atomic E-state index is -1.57. The molecule has 0 radical (unpaired) electrons. The van der Waals surface area contributed by atoms with Gasteiger partial charge in [-0.1, -0.05) is 23.7 Å². The monoisotopic (exact) mass is 236 g/mol. The van der Waals surface area contributed by atoms with E-state index in [1.54, 1.807) is 18.2 Å². The maximum Gasteiger partial charge on any atom is 0.492 e. The van der Waals surface area contributed by atoms with Crippen LogP contribution in [0.25, 0.3) is 10.8 Å². The van der Waals surface area contributed by atoms with Crippen LogP contribution in [0.3, 0.4) is 0 Å². The van der Waals surface area contributed by atoms with Gasteiger partial charge in [-0.25, -0.2) is 0 Å². The van der Waals surface area contributed by atoms with Crippen LogP contribution < -0.4 is 10.2 Å². The lowest BCUT2D eigenvalue weighted by Gasteiger charge is -2.10. The molecule has 5 heteroatoms. The number of halogens is 1. The van der Waals surface area contributed by atoms with E-state index in [9.17, 15) is 10.0 Å². The lowest BCUT2D eigenvalue weighted by Crippen LogP contribution is -2.31. The van der Waals surface area contributed by atoms with Gasteiger partial charge in [0.15, 0.2) is 0 Å². The number of benzene rings is 2. The molecule has 82 valence electrons. The highest BCUT2D eigenvalue weighted by Crippen LogP contribution is 2.25. The van der Waals surface area contributed by atoms with Crippen molar-refractivity contribution >= 4 is 35.0 Å². The average molecular weight is 236 g/mol. The highest BCUT2D eigenvalue weighted by atomic mass is 35.5. The zero-order valence-electron chi connectivity index (χ0n) is 8.64. The third kappa shape index (κ3) is 1.87. The molecule has 0 saturated carbocycles. The molecule has 0 atom stereocenters. The zero-order valence-corrected chi connectivity index (χ0v) is 9.40. The SMILES string of the molecule is COc1cc2cccc(Cl)c2cc1B(O)O. The number of fused-ring (bicyclic) bond motifs is 1. The molecule has 2 aromatic carbocycles. The highest BCUT2D eigenvalue weighted by molar-refractivity contribution is 6.60. The summed E-state index contributed by atoms with van der Waals surface area (Å²) >= 11 is 6.03. The summed E-state index contributed by atoms with van der Waals surface area (Å²) in [4.78, 5) is 0. The predicted molar refractivity (Wildman–Crippen MR) is 65.3 cm³/mol. The van der Waals surface area contributed by atoms with Crippen molar-refractivity contribution in [1.29, 1.82) is 0 Å². The molecule has 0 aromatic heterocycles. The Hall–Kier alpha value is -1.23. The highest BCUT2D eigenvalue weighted by Gasteiger charge is 2.18. The molecule has 0 aliphatic rings. The van der Waals surface area contributed by atoms with E-state index in [-0.39, 0.29) is 0 Å². The first-order valence-electron chi connectivity index (χ1n) is 4.76. The Morgan fingerprint density at radius 3 is 2.62 bits per heavy atom. The molecule has 0 spiro atoms. The first kappa shape index (κ1) is 11.3. The number of rotatable bonds is 2. The quantitative estimate of drug-likeness (QED) is 0.770. The number of hydrogen-bond acceptors (Lipinski definition) is 3. The first-order chi connectivity index (χ1) is 7.63.